The molecule has 0 spiro atoms. The summed E-state index contributed by atoms with van der Waals surface area (Å²) in [7, 11) is 1.60. The van der Waals surface area contributed by atoms with Gasteiger partial charge >= 0.3 is 0 Å². The lowest BCUT2D eigenvalue weighted by Gasteiger charge is -2.28. The molecule has 1 fully saturated rings. The number of anilines is 2. The number of methoxy groups -OCH3 is 1. The van der Waals surface area contributed by atoms with Crippen molar-refractivity contribution in [2.75, 3.05) is 17.3 Å². The highest BCUT2D eigenvalue weighted by atomic mass is 32.1. The highest BCUT2D eigenvalue weighted by Gasteiger charge is 2.42. The van der Waals surface area contributed by atoms with Crippen LogP contribution in [0, 0.1) is 19.3 Å². The highest BCUT2D eigenvalue weighted by Crippen LogP contribution is 2.44. The minimum absolute atomic E-state index is 0.0802. The topological polar surface area (TPSA) is 82.3 Å². The molecule has 0 bridgehead atoms. The van der Waals surface area contributed by atoms with Crippen molar-refractivity contribution in [1.82, 2.24) is 15.3 Å². The van der Waals surface area contributed by atoms with Gasteiger partial charge in [0.25, 0.3) is 0 Å². The van der Waals surface area contributed by atoms with Gasteiger partial charge in [0, 0.05) is 34.8 Å². The molecule has 4 rings (SSSR count). The fourth-order valence-electron chi connectivity index (χ4n) is 4.24. The predicted molar refractivity (Wildman–Crippen MR) is 139 cm³/mol. The number of hydrogen-bond acceptors (Lipinski definition) is 4. The summed E-state index contributed by atoms with van der Waals surface area (Å²) in [6, 6.07) is 13.5. The Morgan fingerprint density at radius 3 is 2.53 bits per heavy atom. The molecule has 178 valence electrons. The van der Waals surface area contributed by atoms with Crippen LogP contribution in [0.5, 0.6) is 5.75 Å². The maximum atomic E-state index is 12.6. The standard InChI is InChI=1S/C26H31N5O2S/c1-15-13-18(16(2)28-15)23-22(20-9-7-8-12-27-20)30-25(34)31(23)17-10-11-19(21(14-17)33-6)29-24(32)26(3,4)5/h7-14,22-23,28H,1-6H3,(H,29,32)(H,30,34)/t22-,23+/m0/s1. The van der Waals surface area contributed by atoms with E-state index < -0.39 is 5.41 Å². The average molecular weight is 478 g/mol. The lowest BCUT2D eigenvalue weighted by Crippen LogP contribution is -2.30. The molecule has 3 N–H and O–H groups in total. The van der Waals surface area contributed by atoms with Gasteiger partial charge in [-0.1, -0.05) is 26.8 Å². The van der Waals surface area contributed by atoms with Crippen LogP contribution in [0.4, 0.5) is 11.4 Å². The summed E-state index contributed by atoms with van der Waals surface area (Å²) >= 11 is 5.82. The van der Waals surface area contributed by atoms with Gasteiger partial charge in [-0.3, -0.25) is 9.78 Å². The number of hydrogen-bond donors (Lipinski definition) is 3. The van der Waals surface area contributed by atoms with Crippen molar-refractivity contribution in [3.05, 3.63) is 71.3 Å². The molecule has 0 unspecified atom stereocenters. The Labute approximate surface area is 205 Å². The number of carbonyl (C=O) groups is 1. The first-order valence-electron chi connectivity index (χ1n) is 11.3. The maximum Gasteiger partial charge on any atom is 0.229 e. The molecular weight excluding hydrogens is 446 g/mol. The van der Waals surface area contributed by atoms with Crippen LogP contribution in [0.3, 0.4) is 0 Å². The van der Waals surface area contributed by atoms with E-state index in [2.05, 4.69) is 38.5 Å². The molecule has 1 amide bonds. The second-order valence-corrected chi connectivity index (χ2v) is 10.0. The van der Waals surface area contributed by atoms with Crippen LogP contribution in [-0.4, -0.2) is 28.1 Å². The van der Waals surface area contributed by atoms with E-state index in [9.17, 15) is 4.79 Å². The van der Waals surface area contributed by atoms with E-state index in [4.69, 9.17) is 17.0 Å². The zero-order chi connectivity index (χ0) is 24.6. The van der Waals surface area contributed by atoms with Crippen LogP contribution in [0.2, 0.25) is 0 Å². The second-order valence-electron chi connectivity index (χ2n) is 9.62. The van der Waals surface area contributed by atoms with Crippen LogP contribution in [0.25, 0.3) is 0 Å². The van der Waals surface area contributed by atoms with E-state index in [0.29, 0.717) is 16.5 Å². The number of nitrogens with one attached hydrogen (secondary N) is 3. The fraction of sp³-hybridized carbons (Fsp3) is 0.346. The summed E-state index contributed by atoms with van der Waals surface area (Å²) in [4.78, 5) is 22.7. The normalized spacial score (nSPS) is 18.1. The minimum Gasteiger partial charge on any atom is -0.494 e. The Bertz CT molecular complexity index is 1220. The number of aromatic amines is 1. The summed E-state index contributed by atoms with van der Waals surface area (Å²) in [6.45, 7) is 9.75. The number of ether oxygens (including phenoxy) is 1. The molecule has 0 radical (unpaired) electrons. The molecule has 7 nitrogen and oxygen atoms in total. The molecule has 1 aliphatic rings. The predicted octanol–water partition coefficient (Wildman–Crippen LogP) is 5.20. The Hall–Kier alpha value is -3.39. The first kappa shape index (κ1) is 23.8. The van der Waals surface area contributed by atoms with E-state index in [1.165, 1.54) is 0 Å². The smallest absolute Gasteiger partial charge is 0.229 e. The molecule has 3 heterocycles. The largest absolute Gasteiger partial charge is 0.494 e. The van der Waals surface area contributed by atoms with Gasteiger partial charge in [0.05, 0.1) is 30.6 Å². The van der Waals surface area contributed by atoms with Crippen molar-refractivity contribution >= 4 is 34.6 Å². The second kappa shape index (κ2) is 9.10. The number of aromatic nitrogens is 2. The van der Waals surface area contributed by atoms with E-state index in [-0.39, 0.29) is 18.0 Å². The number of amides is 1. The Morgan fingerprint density at radius 1 is 1.18 bits per heavy atom. The third-order valence-corrected chi connectivity index (χ3v) is 6.31. The number of carbonyl (C=O) groups excluding carboxylic acids is 1. The van der Waals surface area contributed by atoms with Gasteiger partial charge in [0.2, 0.25) is 5.91 Å². The number of rotatable bonds is 5. The highest BCUT2D eigenvalue weighted by molar-refractivity contribution is 7.80. The van der Waals surface area contributed by atoms with Gasteiger partial charge in [-0.2, -0.15) is 0 Å². The van der Waals surface area contributed by atoms with Gasteiger partial charge in [0.1, 0.15) is 5.75 Å². The van der Waals surface area contributed by atoms with Crippen LogP contribution in [0.15, 0.2) is 48.7 Å². The molecular formula is C26H31N5O2S. The molecule has 1 saturated heterocycles. The number of aryl methyl sites for hydroxylation is 2. The lowest BCUT2D eigenvalue weighted by atomic mass is 9.95. The minimum atomic E-state index is -0.519. The molecule has 2 aromatic heterocycles. The quantitative estimate of drug-likeness (QED) is 0.439. The first-order valence-corrected chi connectivity index (χ1v) is 11.7. The summed E-state index contributed by atoms with van der Waals surface area (Å²) in [5.41, 5.74) is 5.19. The van der Waals surface area contributed by atoms with Crippen LogP contribution < -0.4 is 20.3 Å². The van der Waals surface area contributed by atoms with Crippen molar-refractivity contribution in [2.45, 2.75) is 46.7 Å². The summed E-state index contributed by atoms with van der Waals surface area (Å²) in [6.07, 6.45) is 1.80. The maximum absolute atomic E-state index is 12.6. The van der Waals surface area contributed by atoms with Crippen molar-refractivity contribution in [2.24, 2.45) is 5.41 Å². The number of pyridine rings is 1. The molecule has 1 aliphatic heterocycles. The van der Waals surface area contributed by atoms with Crippen LogP contribution in [0.1, 0.15) is 55.5 Å². The van der Waals surface area contributed by atoms with Crippen LogP contribution >= 0.6 is 12.2 Å². The van der Waals surface area contributed by atoms with Crippen LogP contribution in [-0.2, 0) is 4.79 Å². The number of benzene rings is 1. The molecule has 2 atom stereocenters. The van der Waals surface area contributed by atoms with Crippen molar-refractivity contribution in [1.29, 1.82) is 0 Å². The number of nitrogens with zero attached hydrogens (tertiary/aromatic N) is 2. The molecule has 1 aromatic carbocycles. The number of thiocarbonyl (C=S) groups is 1. The average Bonchev–Trinajstić information content (AvgIpc) is 3.31. The molecule has 34 heavy (non-hydrogen) atoms. The third kappa shape index (κ3) is 4.50. The van der Waals surface area contributed by atoms with Gasteiger partial charge in [-0.25, -0.2) is 0 Å². The van der Waals surface area contributed by atoms with E-state index in [0.717, 1.165) is 28.3 Å². The Kier molecular flexibility index (Phi) is 6.36. The molecule has 0 saturated carbocycles. The molecule has 0 aliphatic carbocycles. The Balaban J connectivity index is 1.78. The third-order valence-electron chi connectivity index (χ3n) is 6.00. The lowest BCUT2D eigenvalue weighted by molar-refractivity contribution is -0.123. The van der Waals surface area contributed by atoms with Crippen molar-refractivity contribution < 1.29 is 9.53 Å². The monoisotopic (exact) mass is 477 g/mol. The Morgan fingerprint density at radius 2 is 1.94 bits per heavy atom. The summed E-state index contributed by atoms with van der Waals surface area (Å²) in [5.74, 6) is 0.489. The number of H-pyrrole nitrogens is 1. The van der Waals surface area contributed by atoms with Crippen molar-refractivity contribution in [3.63, 3.8) is 0 Å². The molecule has 8 heteroatoms. The first-order chi connectivity index (χ1) is 16.1. The zero-order valence-corrected chi connectivity index (χ0v) is 21.2. The van der Waals surface area contributed by atoms with Gasteiger partial charge < -0.3 is 25.3 Å². The molecule has 3 aromatic rings. The van der Waals surface area contributed by atoms with Gasteiger partial charge in [0.15, 0.2) is 5.11 Å². The summed E-state index contributed by atoms with van der Waals surface area (Å²) in [5, 5.41) is 7.06. The van der Waals surface area contributed by atoms with Crippen molar-refractivity contribution in [3.8, 4) is 5.75 Å². The van der Waals surface area contributed by atoms with Gasteiger partial charge in [-0.15, -0.1) is 0 Å². The van der Waals surface area contributed by atoms with E-state index in [1.54, 1.807) is 13.3 Å². The summed E-state index contributed by atoms with van der Waals surface area (Å²) < 4.78 is 5.65. The van der Waals surface area contributed by atoms with E-state index >= 15 is 0 Å². The van der Waals surface area contributed by atoms with E-state index in [1.807, 2.05) is 64.1 Å². The zero-order valence-electron chi connectivity index (χ0n) is 20.4. The fourth-order valence-corrected chi connectivity index (χ4v) is 4.59. The van der Waals surface area contributed by atoms with Gasteiger partial charge in [-0.05, 0) is 62.0 Å². The SMILES string of the molecule is COc1cc(N2C(=S)N[C@@H](c3ccccn3)[C@H]2c2cc(C)[nH]c2C)ccc1NC(=O)C(C)(C)C.